The van der Waals surface area contributed by atoms with E-state index in [0.29, 0.717) is 24.4 Å². The van der Waals surface area contributed by atoms with Gasteiger partial charge in [-0.25, -0.2) is 10.9 Å². The predicted octanol–water partition coefficient (Wildman–Crippen LogP) is 0.415. The Hall–Kier alpha value is -2.29. The van der Waals surface area contributed by atoms with Crippen molar-refractivity contribution in [3.63, 3.8) is 0 Å². The molecule has 2 aromatic rings. The van der Waals surface area contributed by atoms with Crippen LogP contribution < -0.4 is 21.7 Å². The van der Waals surface area contributed by atoms with Gasteiger partial charge in [0.1, 0.15) is 0 Å². The van der Waals surface area contributed by atoms with E-state index in [4.69, 9.17) is 0 Å². The van der Waals surface area contributed by atoms with Gasteiger partial charge in [0, 0.05) is 42.7 Å². The van der Waals surface area contributed by atoms with E-state index < -0.39 is 0 Å². The van der Waals surface area contributed by atoms with Crippen LogP contribution in [0.2, 0.25) is 0 Å². The van der Waals surface area contributed by atoms with Gasteiger partial charge in [0.2, 0.25) is 5.91 Å². The van der Waals surface area contributed by atoms with Gasteiger partial charge in [-0.15, -0.1) is 0 Å². The number of carbonyl (C=O) groups is 1. The summed E-state index contributed by atoms with van der Waals surface area (Å²) in [5.74, 6) is 0.666. The molecular formula is C16H21N7O. The topological polar surface area (TPSA) is 95.9 Å². The van der Waals surface area contributed by atoms with Gasteiger partial charge >= 0.3 is 0 Å². The third-order valence-electron chi connectivity index (χ3n) is 4.70. The average Bonchev–Trinajstić information content (AvgIpc) is 3.24. The van der Waals surface area contributed by atoms with Crippen molar-refractivity contribution in [2.45, 2.75) is 37.9 Å². The first kappa shape index (κ1) is 15.3. The van der Waals surface area contributed by atoms with Gasteiger partial charge in [-0.2, -0.15) is 10.6 Å². The number of anilines is 1. The van der Waals surface area contributed by atoms with Gasteiger partial charge in [0.05, 0.1) is 6.54 Å². The zero-order valence-electron chi connectivity index (χ0n) is 13.3. The quantitative estimate of drug-likeness (QED) is 0.650. The maximum atomic E-state index is 12.5. The lowest BCUT2D eigenvalue weighted by Crippen LogP contribution is -2.42. The normalized spacial score (nSPS) is 26.1. The number of amides is 1. The molecule has 8 nitrogen and oxygen atoms in total. The van der Waals surface area contributed by atoms with Gasteiger partial charge in [-0.05, 0) is 30.9 Å². The molecule has 0 radical (unpaired) electrons. The van der Waals surface area contributed by atoms with Crippen molar-refractivity contribution in [1.29, 1.82) is 0 Å². The van der Waals surface area contributed by atoms with Crippen molar-refractivity contribution in [2.75, 3.05) is 5.32 Å². The van der Waals surface area contributed by atoms with E-state index in [1.54, 1.807) is 10.9 Å². The number of hydrogen-bond acceptors (Lipinski definition) is 6. The van der Waals surface area contributed by atoms with E-state index in [1.165, 1.54) is 0 Å². The fraction of sp³-hybridized carbons (Fsp3) is 0.438. The lowest BCUT2D eigenvalue weighted by atomic mass is 9.82. The Balaban J connectivity index is 1.34. The van der Waals surface area contributed by atoms with Crippen LogP contribution in [0.15, 0.2) is 36.8 Å². The van der Waals surface area contributed by atoms with Crippen LogP contribution in [0.5, 0.6) is 0 Å². The molecule has 2 aromatic heterocycles. The summed E-state index contributed by atoms with van der Waals surface area (Å²) < 4.78 is 1.80. The minimum Gasteiger partial charge on any atom is -0.309 e. The van der Waals surface area contributed by atoms with Crippen molar-refractivity contribution in [3.8, 4) is 0 Å². The molecule has 1 aliphatic carbocycles. The number of carbonyl (C=O) groups excluding carboxylic acids is 1. The Morgan fingerprint density at radius 3 is 3.08 bits per heavy atom. The van der Waals surface area contributed by atoms with Gasteiger partial charge in [0.15, 0.2) is 5.82 Å². The minimum absolute atomic E-state index is 0.0175. The lowest BCUT2D eigenvalue weighted by molar-refractivity contribution is -0.121. The van der Waals surface area contributed by atoms with Crippen LogP contribution >= 0.6 is 0 Å². The number of fused-ring (bicyclic) bond motifs is 1. The number of nitrogens with zero attached hydrogens (tertiary/aromatic N) is 3. The van der Waals surface area contributed by atoms with Crippen LogP contribution in [-0.4, -0.2) is 32.8 Å². The third-order valence-corrected chi connectivity index (χ3v) is 4.70. The highest BCUT2D eigenvalue weighted by Crippen LogP contribution is 2.26. The van der Waals surface area contributed by atoms with Gasteiger partial charge < -0.3 is 5.32 Å². The van der Waals surface area contributed by atoms with E-state index in [2.05, 4.69) is 31.8 Å². The molecule has 1 aliphatic heterocycles. The second-order valence-corrected chi connectivity index (χ2v) is 6.39. The molecule has 126 valence electrons. The largest absolute Gasteiger partial charge is 0.309 e. The summed E-state index contributed by atoms with van der Waals surface area (Å²) in [4.78, 5) is 16.6. The number of nitrogens with one attached hydrogen (secondary N) is 4. The standard InChI is InChI=1S/C16H21N7O/c24-16(12-3-4-13-14(8-12)20-22-19-13)18-15-5-7-23(21-15)10-11-2-1-6-17-9-11/h1-2,5-7,9,12-14,19-20,22H,3-4,8,10H2,(H,18,21,24). The number of rotatable bonds is 4. The van der Waals surface area contributed by atoms with E-state index in [-0.39, 0.29) is 11.8 Å². The molecule has 2 fully saturated rings. The number of hydrogen-bond donors (Lipinski definition) is 4. The summed E-state index contributed by atoms with van der Waals surface area (Å²) in [6.45, 7) is 0.637. The Kier molecular flexibility index (Phi) is 4.24. The van der Waals surface area contributed by atoms with E-state index in [9.17, 15) is 4.79 Å². The highest BCUT2D eigenvalue weighted by molar-refractivity contribution is 5.91. The fourth-order valence-corrected chi connectivity index (χ4v) is 3.39. The van der Waals surface area contributed by atoms with E-state index in [1.807, 2.05) is 30.6 Å². The zero-order valence-corrected chi connectivity index (χ0v) is 13.3. The fourth-order valence-electron chi connectivity index (χ4n) is 3.39. The third kappa shape index (κ3) is 3.30. The molecule has 1 amide bonds. The Labute approximate surface area is 140 Å². The molecule has 0 spiro atoms. The second kappa shape index (κ2) is 6.68. The molecule has 2 aliphatic rings. The first-order valence-corrected chi connectivity index (χ1v) is 8.27. The summed E-state index contributed by atoms with van der Waals surface area (Å²) in [6.07, 6.45) is 8.13. The van der Waals surface area contributed by atoms with Crippen LogP contribution in [0.3, 0.4) is 0 Å². The summed E-state index contributed by atoms with van der Waals surface area (Å²) >= 11 is 0. The molecule has 3 heterocycles. The molecule has 8 heteroatoms. The summed E-state index contributed by atoms with van der Waals surface area (Å²) in [7, 11) is 0. The maximum absolute atomic E-state index is 12.5. The summed E-state index contributed by atoms with van der Waals surface area (Å²) in [5.41, 5.74) is 10.4. The Morgan fingerprint density at radius 2 is 2.21 bits per heavy atom. The predicted molar refractivity (Wildman–Crippen MR) is 88.5 cm³/mol. The van der Waals surface area contributed by atoms with Crippen molar-refractivity contribution in [1.82, 2.24) is 31.2 Å². The number of pyridine rings is 1. The number of hydrazine groups is 2. The van der Waals surface area contributed by atoms with Gasteiger partial charge in [-0.1, -0.05) is 6.07 Å². The van der Waals surface area contributed by atoms with E-state index >= 15 is 0 Å². The molecule has 4 rings (SSSR count). The maximum Gasteiger partial charge on any atom is 0.228 e. The van der Waals surface area contributed by atoms with Gasteiger partial charge in [0.25, 0.3) is 0 Å². The van der Waals surface area contributed by atoms with Gasteiger partial charge in [-0.3, -0.25) is 14.5 Å². The molecule has 1 saturated heterocycles. The summed E-state index contributed by atoms with van der Waals surface area (Å²) in [5, 5.41) is 7.37. The van der Waals surface area contributed by atoms with Crippen molar-refractivity contribution < 1.29 is 4.79 Å². The minimum atomic E-state index is 0.0175. The average molecular weight is 327 g/mol. The Morgan fingerprint density at radius 1 is 1.29 bits per heavy atom. The van der Waals surface area contributed by atoms with Crippen molar-refractivity contribution >= 4 is 11.7 Å². The smallest absolute Gasteiger partial charge is 0.228 e. The lowest BCUT2D eigenvalue weighted by Gasteiger charge is -2.29. The highest BCUT2D eigenvalue weighted by atomic mass is 16.2. The van der Waals surface area contributed by atoms with Crippen LogP contribution in [0, 0.1) is 5.92 Å². The molecule has 0 aromatic carbocycles. The molecule has 1 saturated carbocycles. The van der Waals surface area contributed by atoms with Crippen LogP contribution in [0.25, 0.3) is 0 Å². The molecule has 4 N–H and O–H groups in total. The number of aromatic nitrogens is 3. The SMILES string of the molecule is O=C(Nc1ccn(Cc2cccnc2)n1)C1CCC2NNNC2C1. The molecule has 0 bridgehead atoms. The van der Waals surface area contributed by atoms with E-state index in [0.717, 1.165) is 24.8 Å². The zero-order chi connectivity index (χ0) is 16.4. The van der Waals surface area contributed by atoms with Crippen LogP contribution in [0.1, 0.15) is 24.8 Å². The summed E-state index contributed by atoms with van der Waals surface area (Å²) in [6, 6.07) is 6.45. The van der Waals surface area contributed by atoms with Crippen molar-refractivity contribution in [2.24, 2.45) is 5.92 Å². The molecular weight excluding hydrogens is 306 g/mol. The first-order chi connectivity index (χ1) is 11.8. The van der Waals surface area contributed by atoms with Crippen LogP contribution in [-0.2, 0) is 11.3 Å². The van der Waals surface area contributed by atoms with Crippen LogP contribution in [0.4, 0.5) is 5.82 Å². The molecule has 3 atom stereocenters. The first-order valence-electron chi connectivity index (χ1n) is 8.27. The monoisotopic (exact) mass is 327 g/mol. The Bertz CT molecular complexity index is 701. The van der Waals surface area contributed by atoms with Crippen molar-refractivity contribution in [3.05, 3.63) is 42.4 Å². The molecule has 3 unspecified atom stereocenters. The highest BCUT2D eigenvalue weighted by Gasteiger charge is 2.36. The second-order valence-electron chi connectivity index (χ2n) is 6.39. The molecule has 24 heavy (non-hydrogen) atoms.